The molecule has 0 amide bonds. The minimum absolute atomic E-state index is 0.678. The van der Waals surface area contributed by atoms with Crippen LogP contribution in [0.25, 0.3) is 33.7 Å². The average molecular weight is 299 g/mol. The van der Waals surface area contributed by atoms with Crippen LogP contribution in [-0.4, -0.2) is 4.98 Å². The summed E-state index contributed by atoms with van der Waals surface area (Å²) >= 11 is 0. The van der Waals surface area contributed by atoms with Crippen molar-refractivity contribution in [3.63, 3.8) is 0 Å². The van der Waals surface area contributed by atoms with E-state index >= 15 is 0 Å². The van der Waals surface area contributed by atoms with Crippen molar-refractivity contribution < 1.29 is 4.42 Å². The molecule has 112 valence electrons. The zero-order chi connectivity index (χ0) is 15.8. The van der Waals surface area contributed by atoms with Crippen molar-refractivity contribution in [2.45, 2.75) is 13.8 Å². The van der Waals surface area contributed by atoms with Crippen LogP contribution in [0.3, 0.4) is 0 Å². The molecule has 0 aliphatic rings. The number of rotatable bonds is 2. The van der Waals surface area contributed by atoms with Crippen molar-refractivity contribution in [1.82, 2.24) is 4.98 Å². The van der Waals surface area contributed by atoms with E-state index in [2.05, 4.69) is 61.3 Å². The van der Waals surface area contributed by atoms with Crippen LogP contribution in [0, 0.1) is 13.8 Å². The van der Waals surface area contributed by atoms with Crippen LogP contribution >= 0.6 is 0 Å². The number of fused-ring (bicyclic) bond motifs is 1. The number of hydrogen-bond acceptors (Lipinski definition) is 2. The summed E-state index contributed by atoms with van der Waals surface area (Å²) in [5.41, 5.74) is 7.50. The van der Waals surface area contributed by atoms with E-state index in [1.165, 1.54) is 16.7 Å². The summed E-state index contributed by atoms with van der Waals surface area (Å²) in [6, 6.07) is 22.8. The van der Waals surface area contributed by atoms with Crippen LogP contribution in [0.4, 0.5) is 0 Å². The lowest BCUT2D eigenvalue weighted by molar-refractivity contribution is 0.619. The maximum Gasteiger partial charge on any atom is 0.227 e. The first kappa shape index (κ1) is 13.8. The van der Waals surface area contributed by atoms with Crippen molar-refractivity contribution in [2.75, 3.05) is 0 Å². The van der Waals surface area contributed by atoms with E-state index in [4.69, 9.17) is 4.42 Å². The molecule has 0 unspecified atom stereocenters. The lowest BCUT2D eigenvalue weighted by Gasteiger charge is -2.00. The van der Waals surface area contributed by atoms with Crippen molar-refractivity contribution in [3.8, 4) is 22.6 Å². The summed E-state index contributed by atoms with van der Waals surface area (Å²) in [7, 11) is 0. The molecule has 0 aliphatic carbocycles. The van der Waals surface area contributed by atoms with E-state index in [0.29, 0.717) is 5.89 Å². The maximum atomic E-state index is 5.94. The third-order valence-corrected chi connectivity index (χ3v) is 3.96. The smallest absolute Gasteiger partial charge is 0.227 e. The van der Waals surface area contributed by atoms with E-state index < -0.39 is 0 Å². The van der Waals surface area contributed by atoms with Gasteiger partial charge in [-0.2, -0.15) is 0 Å². The second kappa shape index (κ2) is 5.40. The van der Waals surface area contributed by atoms with E-state index in [1.807, 2.05) is 24.3 Å². The first-order valence-corrected chi connectivity index (χ1v) is 7.74. The highest BCUT2D eigenvalue weighted by molar-refractivity contribution is 5.82. The molecule has 0 aliphatic heterocycles. The molecule has 0 bridgehead atoms. The molecular formula is C21H17NO. The standard InChI is InChI=1S/C21H17NO/c1-14-10-15(2)12-18(11-14)21-22-19-13-17(8-9-20(19)23-21)16-6-4-3-5-7-16/h3-13H,1-2H3. The van der Waals surface area contributed by atoms with Gasteiger partial charge >= 0.3 is 0 Å². The molecule has 0 saturated heterocycles. The van der Waals surface area contributed by atoms with Gasteiger partial charge in [0, 0.05) is 5.56 Å². The summed E-state index contributed by atoms with van der Waals surface area (Å²) in [6.07, 6.45) is 0. The fraction of sp³-hybridized carbons (Fsp3) is 0.0952. The molecule has 23 heavy (non-hydrogen) atoms. The normalized spacial score (nSPS) is 11.0. The molecule has 3 aromatic carbocycles. The highest BCUT2D eigenvalue weighted by Crippen LogP contribution is 2.29. The number of aryl methyl sites for hydroxylation is 2. The van der Waals surface area contributed by atoms with E-state index in [1.54, 1.807) is 0 Å². The number of aromatic nitrogens is 1. The van der Waals surface area contributed by atoms with Gasteiger partial charge < -0.3 is 4.42 Å². The van der Waals surface area contributed by atoms with Crippen LogP contribution in [0.15, 0.2) is 71.1 Å². The zero-order valence-corrected chi connectivity index (χ0v) is 13.2. The van der Waals surface area contributed by atoms with Crippen LogP contribution < -0.4 is 0 Å². The molecule has 0 spiro atoms. The highest BCUT2D eigenvalue weighted by atomic mass is 16.3. The van der Waals surface area contributed by atoms with Gasteiger partial charge in [0.2, 0.25) is 5.89 Å². The first-order chi connectivity index (χ1) is 11.2. The van der Waals surface area contributed by atoms with Gasteiger partial charge in [-0.15, -0.1) is 0 Å². The maximum absolute atomic E-state index is 5.94. The van der Waals surface area contributed by atoms with Gasteiger partial charge in [-0.1, -0.05) is 53.6 Å². The topological polar surface area (TPSA) is 26.0 Å². The van der Waals surface area contributed by atoms with Gasteiger partial charge in [0.15, 0.2) is 5.58 Å². The number of hydrogen-bond donors (Lipinski definition) is 0. The van der Waals surface area contributed by atoms with E-state index in [-0.39, 0.29) is 0 Å². The van der Waals surface area contributed by atoms with Gasteiger partial charge in [0.05, 0.1) is 0 Å². The van der Waals surface area contributed by atoms with Gasteiger partial charge in [-0.3, -0.25) is 0 Å². The molecule has 2 nitrogen and oxygen atoms in total. The average Bonchev–Trinajstić information content (AvgIpc) is 2.98. The van der Waals surface area contributed by atoms with Crippen molar-refractivity contribution in [3.05, 3.63) is 77.9 Å². The Labute approximate surface area is 135 Å². The van der Waals surface area contributed by atoms with Crippen LogP contribution in [0.2, 0.25) is 0 Å². The third kappa shape index (κ3) is 2.64. The first-order valence-electron chi connectivity index (χ1n) is 7.74. The van der Waals surface area contributed by atoms with Gasteiger partial charge in [0.1, 0.15) is 5.52 Å². The lowest BCUT2D eigenvalue weighted by Crippen LogP contribution is -1.82. The minimum Gasteiger partial charge on any atom is -0.436 e. The Morgan fingerprint density at radius 1 is 0.696 bits per heavy atom. The van der Waals surface area contributed by atoms with Crippen molar-refractivity contribution >= 4 is 11.1 Å². The fourth-order valence-corrected chi connectivity index (χ4v) is 2.96. The Morgan fingerprint density at radius 3 is 2.17 bits per heavy atom. The molecule has 4 aromatic rings. The minimum atomic E-state index is 0.678. The van der Waals surface area contributed by atoms with Crippen molar-refractivity contribution in [1.29, 1.82) is 0 Å². The highest BCUT2D eigenvalue weighted by Gasteiger charge is 2.10. The van der Waals surface area contributed by atoms with E-state index in [0.717, 1.165) is 22.2 Å². The quantitative estimate of drug-likeness (QED) is 0.469. The zero-order valence-electron chi connectivity index (χ0n) is 13.2. The van der Waals surface area contributed by atoms with Gasteiger partial charge in [0.25, 0.3) is 0 Å². The predicted molar refractivity (Wildman–Crippen MR) is 94.4 cm³/mol. The van der Waals surface area contributed by atoms with Gasteiger partial charge in [-0.25, -0.2) is 4.98 Å². The fourth-order valence-electron chi connectivity index (χ4n) is 2.96. The third-order valence-electron chi connectivity index (χ3n) is 3.96. The second-order valence-electron chi connectivity index (χ2n) is 5.94. The second-order valence-corrected chi connectivity index (χ2v) is 5.94. The molecule has 1 heterocycles. The molecule has 0 N–H and O–H groups in total. The molecular weight excluding hydrogens is 282 g/mol. The predicted octanol–water partition coefficient (Wildman–Crippen LogP) is 5.78. The number of benzene rings is 3. The summed E-state index contributed by atoms with van der Waals surface area (Å²) < 4.78 is 5.94. The SMILES string of the molecule is Cc1cc(C)cc(-c2nc3cc(-c4ccccc4)ccc3o2)c1. The molecule has 0 atom stereocenters. The van der Waals surface area contributed by atoms with Crippen LogP contribution in [0.5, 0.6) is 0 Å². The molecule has 4 rings (SSSR count). The number of nitrogens with zero attached hydrogens (tertiary/aromatic N) is 1. The van der Waals surface area contributed by atoms with Crippen LogP contribution in [0.1, 0.15) is 11.1 Å². The monoisotopic (exact) mass is 299 g/mol. The summed E-state index contributed by atoms with van der Waals surface area (Å²) in [5.74, 6) is 0.678. The molecule has 1 aromatic heterocycles. The molecule has 0 radical (unpaired) electrons. The van der Waals surface area contributed by atoms with E-state index in [9.17, 15) is 0 Å². The lowest BCUT2D eigenvalue weighted by atomic mass is 10.1. The Hall–Kier alpha value is -2.87. The molecule has 2 heteroatoms. The summed E-state index contributed by atoms with van der Waals surface area (Å²) in [5, 5.41) is 0. The molecule has 0 fully saturated rings. The largest absolute Gasteiger partial charge is 0.436 e. The summed E-state index contributed by atoms with van der Waals surface area (Å²) in [4.78, 5) is 4.68. The Bertz CT molecular complexity index is 963. The van der Waals surface area contributed by atoms with Gasteiger partial charge in [-0.05, 0) is 49.2 Å². The van der Waals surface area contributed by atoms with Crippen molar-refractivity contribution in [2.24, 2.45) is 0 Å². The molecule has 0 saturated carbocycles. The number of oxazole rings is 1. The Morgan fingerprint density at radius 2 is 1.43 bits per heavy atom. The Balaban J connectivity index is 1.82. The van der Waals surface area contributed by atoms with Crippen LogP contribution in [-0.2, 0) is 0 Å². The Kier molecular flexibility index (Phi) is 3.23. The summed E-state index contributed by atoms with van der Waals surface area (Å²) in [6.45, 7) is 4.18.